The van der Waals surface area contributed by atoms with E-state index in [4.69, 9.17) is 4.42 Å². The molecule has 0 radical (unpaired) electrons. The van der Waals surface area contributed by atoms with Crippen molar-refractivity contribution in [3.05, 3.63) is 35.8 Å². The zero-order valence-electron chi connectivity index (χ0n) is 14.0. The number of fused-ring (bicyclic) bond motifs is 1. The summed E-state index contributed by atoms with van der Waals surface area (Å²) >= 11 is 0. The lowest BCUT2D eigenvalue weighted by molar-refractivity contribution is -0.133. The predicted molar refractivity (Wildman–Crippen MR) is 89.1 cm³/mol. The number of nitrogens with one attached hydrogen (secondary N) is 1. The summed E-state index contributed by atoms with van der Waals surface area (Å²) in [6.07, 6.45) is 0.297. The smallest absolute Gasteiger partial charge is 0.225 e. The second kappa shape index (κ2) is 6.15. The Morgan fingerprint density at radius 2 is 2.12 bits per heavy atom. The summed E-state index contributed by atoms with van der Waals surface area (Å²) in [5.74, 6) is 0.257. The van der Waals surface area contributed by atoms with Crippen molar-refractivity contribution in [3.63, 3.8) is 0 Å². The molecule has 25 heavy (non-hydrogen) atoms. The minimum Gasteiger partial charge on any atom is -0.460 e. The summed E-state index contributed by atoms with van der Waals surface area (Å²) in [5.41, 5.74) is 0.677. The van der Waals surface area contributed by atoms with Crippen LogP contribution in [0.25, 0.3) is 11.0 Å². The zero-order chi connectivity index (χ0) is 17.6. The third-order valence-corrected chi connectivity index (χ3v) is 5.06. The maximum atomic E-state index is 13.2. The number of likely N-dealkylation sites (tertiary alicyclic amines) is 2. The van der Waals surface area contributed by atoms with E-state index >= 15 is 0 Å². The summed E-state index contributed by atoms with van der Waals surface area (Å²) in [4.78, 5) is 27.8. The average Bonchev–Trinajstić information content (AvgIpc) is 3.12. The average molecular weight is 345 g/mol. The van der Waals surface area contributed by atoms with Crippen LogP contribution in [0.2, 0.25) is 0 Å². The van der Waals surface area contributed by atoms with Gasteiger partial charge >= 0.3 is 0 Å². The number of amides is 2. The predicted octanol–water partition coefficient (Wildman–Crippen LogP) is 1.35. The molecule has 7 heteroatoms. The van der Waals surface area contributed by atoms with E-state index in [1.807, 2.05) is 11.0 Å². The van der Waals surface area contributed by atoms with E-state index in [-0.39, 0.29) is 29.6 Å². The van der Waals surface area contributed by atoms with Gasteiger partial charge < -0.3 is 14.6 Å². The molecule has 0 spiro atoms. The number of hydrogen-bond donors (Lipinski definition) is 1. The SMILES string of the molecule is CNC(=O)C1CC(=O)N(C2CN(Cc3cc4cc(F)ccc4o3)C2)C1. The molecule has 1 aromatic carbocycles. The lowest BCUT2D eigenvalue weighted by Crippen LogP contribution is -2.59. The van der Waals surface area contributed by atoms with Crippen LogP contribution in [-0.4, -0.2) is 54.3 Å². The molecule has 2 aromatic rings. The fourth-order valence-corrected chi connectivity index (χ4v) is 3.70. The second-order valence-electron chi connectivity index (χ2n) is 6.80. The van der Waals surface area contributed by atoms with Crippen LogP contribution in [0.5, 0.6) is 0 Å². The van der Waals surface area contributed by atoms with E-state index in [0.717, 1.165) is 24.2 Å². The quantitative estimate of drug-likeness (QED) is 0.908. The van der Waals surface area contributed by atoms with Crippen molar-refractivity contribution in [1.29, 1.82) is 0 Å². The number of nitrogens with zero attached hydrogens (tertiary/aromatic N) is 2. The summed E-state index contributed by atoms with van der Waals surface area (Å²) in [7, 11) is 1.60. The number of benzene rings is 1. The van der Waals surface area contributed by atoms with Gasteiger partial charge in [-0.3, -0.25) is 14.5 Å². The first kappa shape index (κ1) is 16.1. The molecular weight excluding hydrogens is 325 g/mol. The molecule has 1 aromatic heterocycles. The first-order valence-electron chi connectivity index (χ1n) is 8.45. The number of carbonyl (C=O) groups excluding carboxylic acids is 2. The Labute approximate surface area is 144 Å². The lowest BCUT2D eigenvalue weighted by atomic mass is 10.1. The van der Waals surface area contributed by atoms with Gasteiger partial charge in [-0.1, -0.05) is 0 Å². The first-order valence-corrected chi connectivity index (χ1v) is 8.45. The molecule has 1 unspecified atom stereocenters. The van der Waals surface area contributed by atoms with Crippen molar-refractivity contribution in [1.82, 2.24) is 15.1 Å². The normalized spacial score (nSPS) is 21.8. The fraction of sp³-hybridized carbons (Fsp3) is 0.444. The van der Waals surface area contributed by atoms with Gasteiger partial charge in [-0.05, 0) is 24.3 Å². The van der Waals surface area contributed by atoms with Crippen LogP contribution in [0.15, 0.2) is 28.7 Å². The summed E-state index contributed by atoms with van der Waals surface area (Å²) in [6.45, 7) is 2.66. The van der Waals surface area contributed by atoms with Gasteiger partial charge in [-0.25, -0.2) is 4.39 Å². The number of hydrogen-bond acceptors (Lipinski definition) is 4. The maximum absolute atomic E-state index is 13.2. The molecule has 1 N–H and O–H groups in total. The lowest BCUT2D eigenvalue weighted by Gasteiger charge is -2.43. The Morgan fingerprint density at radius 1 is 1.32 bits per heavy atom. The standard InChI is InChI=1S/C18H20FN3O3/c1-20-18(24)12-6-17(23)22(7-12)14-8-21(9-14)10-15-5-11-4-13(19)2-3-16(11)25-15/h2-5,12,14H,6-10H2,1H3,(H,20,24). The highest BCUT2D eigenvalue weighted by molar-refractivity contribution is 5.89. The number of rotatable bonds is 4. The van der Waals surface area contributed by atoms with Crippen molar-refractivity contribution >= 4 is 22.8 Å². The molecule has 2 fully saturated rings. The molecule has 0 bridgehead atoms. The number of halogens is 1. The van der Waals surface area contributed by atoms with E-state index in [9.17, 15) is 14.0 Å². The van der Waals surface area contributed by atoms with E-state index in [1.165, 1.54) is 12.1 Å². The molecule has 6 nitrogen and oxygen atoms in total. The Balaban J connectivity index is 1.34. The Morgan fingerprint density at radius 3 is 2.88 bits per heavy atom. The molecule has 2 amide bonds. The van der Waals surface area contributed by atoms with E-state index in [1.54, 1.807) is 13.1 Å². The monoisotopic (exact) mass is 345 g/mol. The zero-order valence-corrected chi connectivity index (χ0v) is 14.0. The van der Waals surface area contributed by atoms with Gasteiger partial charge in [0, 0.05) is 38.5 Å². The molecule has 2 aliphatic heterocycles. The molecule has 2 aliphatic rings. The fourth-order valence-electron chi connectivity index (χ4n) is 3.70. The molecule has 0 aliphatic carbocycles. The third kappa shape index (κ3) is 3.00. The van der Waals surface area contributed by atoms with Crippen LogP contribution in [-0.2, 0) is 16.1 Å². The third-order valence-electron chi connectivity index (χ3n) is 5.06. The highest BCUT2D eigenvalue weighted by Crippen LogP contribution is 2.27. The highest BCUT2D eigenvalue weighted by atomic mass is 19.1. The summed E-state index contributed by atoms with van der Waals surface area (Å²) in [5, 5.41) is 3.37. The molecule has 1 atom stereocenters. The summed E-state index contributed by atoms with van der Waals surface area (Å²) < 4.78 is 19.0. The van der Waals surface area contributed by atoms with Crippen LogP contribution < -0.4 is 5.32 Å². The first-order chi connectivity index (χ1) is 12.0. The van der Waals surface area contributed by atoms with Crippen LogP contribution in [0.3, 0.4) is 0 Å². The topological polar surface area (TPSA) is 65.8 Å². The number of furan rings is 1. The van der Waals surface area contributed by atoms with E-state index < -0.39 is 0 Å². The van der Waals surface area contributed by atoms with Crippen molar-refractivity contribution in [3.8, 4) is 0 Å². The van der Waals surface area contributed by atoms with Gasteiger partial charge in [0.2, 0.25) is 11.8 Å². The van der Waals surface area contributed by atoms with Gasteiger partial charge in [-0.15, -0.1) is 0 Å². The van der Waals surface area contributed by atoms with Gasteiger partial charge in [0.05, 0.1) is 18.5 Å². The van der Waals surface area contributed by atoms with Gasteiger partial charge in [0.15, 0.2) is 0 Å². The molecule has 2 saturated heterocycles. The molecule has 0 saturated carbocycles. The van der Waals surface area contributed by atoms with Crippen molar-refractivity contribution in [2.24, 2.45) is 5.92 Å². The van der Waals surface area contributed by atoms with Crippen molar-refractivity contribution < 1.29 is 18.4 Å². The Hall–Kier alpha value is -2.41. The highest BCUT2D eigenvalue weighted by Gasteiger charge is 2.42. The maximum Gasteiger partial charge on any atom is 0.225 e. The van der Waals surface area contributed by atoms with Crippen LogP contribution in [0.4, 0.5) is 4.39 Å². The molecular formula is C18H20FN3O3. The minimum atomic E-state index is -0.276. The van der Waals surface area contributed by atoms with Crippen LogP contribution in [0.1, 0.15) is 12.2 Å². The van der Waals surface area contributed by atoms with Gasteiger partial charge in [0.25, 0.3) is 0 Å². The minimum absolute atomic E-state index is 0.0532. The largest absolute Gasteiger partial charge is 0.460 e. The Kier molecular flexibility index (Phi) is 3.95. The van der Waals surface area contributed by atoms with Crippen LogP contribution >= 0.6 is 0 Å². The van der Waals surface area contributed by atoms with Gasteiger partial charge in [-0.2, -0.15) is 0 Å². The van der Waals surface area contributed by atoms with Gasteiger partial charge in [0.1, 0.15) is 17.2 Å². The van der Waals surface area contributed by atoms with E-state index in [2.05, 4.69) is 10.2 Å². The number of carbonyl (C=O) groups is 2. The Bertz CT molecular complexity index is 828. The van der Waals surface area contributed by atoms with Crippen LogP contribution in [0, 0.1) is 11.7 Å². The van der Waals surface area contributed by atoms with Crippen molar-refractivity contribution in [2.45, 2.75) is 19.0 Å². The summed E-state index contributed by atoms with van der Waals surface area (Å²) in [6, 6.07) is 6.49. The molecule has 3 heterocycles. The molecule has 132 valence electrons. The van der Waals surface area contributed by atoms with Crippen molar-refractivity contribution in [2.75, 3.05) is 26.7 Å². The van der Waals surface area contributed by atoms with E-state index in [0.29, 0.717) is 25.1 Å². The second-order valence-corrected chi connectivity index (χ2v) is 6.80. The molecule has 4 rings (SSSR count).